The molecule has 2 rings (SSSR count). The van der Waals surface area contributed by atoms with E-state index in [1.54, 1.807) is 20.0 Å². The molecule has 1 heterocycles. The van der Waals surface area contributed by atoms with Gasteiger partial charge in [-0.25, -0.2) is 4.79 Å². The maximum Gasteiger partial charge on any atom is 0.328 e. The fourth-order valence-corrected chi connectivity index (χ4v) is 1.68. The molecular weight excluding hydrogens is 230 g/mol. The highest BCUT2D eigenvalue weighted by Crippen LogP contribution is 2.20. The van der Waals surface area contributed by atoms with Crippen molar-refractivity contribution >= 4 is 22.6 Å². The molecule has 0 spiro atoms. The van der Waals surface area contributed by atoms with Crippen molar-refractivity contribution in [2.45, 2.75) is 19.9 Å². The lowest BCUT2D eigenvalue weighted by Crippen LogP contribution is -2.28. The fourth-order valence-electron chi connectivity index (χ4n) is 1.68. The molecule has 1 atom stereocenters. The average molecular weight is 245 g/mol. The number of carbonyl (C=O) groups excluding carboxylic acids is 1. The minimum Gasteiger partial charge on any atom is -0.464 e. The SMILES string of the molecule is CCOC(=O)C(C)Nc1cnnc2ccccc12. The molecule has 0 aliphatic rings. The van der Waals surface area contributed by atoms with E-state index in [2.05, 4.69) is 15.5 Å². The van der Waals surface area contributed by atoms with Crippen LogP contribution in [0.25, 0.3) is 10.9 Å². The maximum absolute atomic E-state index is 11.6. The Labute approximate surface area is 105 Å². The highest BCUT2D eigenvalue weighted by Gasteiger charge is 2.14. The van der Waals surface area contributed by atoms with Crippen LogP contribution in [0.2, 0.25) is 0 Å². The van der Waals surface area contributed by atoms with Gasteiger partial charge < -0.3 is 10.1 Å². The summed E-state index contributed by atoms with van der Waals surface area (Å²) in [7, 11) is 0. The first-order valence-corrected chi connectivity index (χ1v) is 5.86. The Kier molecular flexibility index (Phi) is 3.72. The van der Waals surface area contributed by atoms with Crippen molar-refractivity contribution < 1.29 is 9.53 Å². The standard InChI is InChI=1S/C13H15N3O2/c1-3-18-13(17)9(2)15-12-8-14-16-11-7-5-4-6-10(11)12/h4-9H,3H2,1-2H3,(H,15,16). The van der Waals surface area contributed by atoms with Crippen molar-refractivity contribution in [1.82, 2.24) is 10.2 Å². The van der Waals surface area contributed by atoms with Gasteiger partial charge in [0.25, 0.3) is 0 Å². The predicted octanol–water partition coefficient (Wildman–Crippen LogP) is 1.99. The van der Waals surface area contributed by atoms with E-state index in [0.29, 0.717) is 6.61 Å². The van der Waals surface area contributed by atoms with Gasteiger partial charge in [-0.2, -0.15) is 10.2 Å². The molecule has 0 radical (unpaired) electrons. The number of fused-ring (bicyclic) bond motifs is 1. The zero-order valence-electron chi connectivity index (χ0n) is 10.4. The highest BCUT2D eigenvalue weighted by molar-refractivity contribution is 5.92. The molecule has 2 aromatic rings. The third kappa shape index (κ3) is 2.56. The molecule has 1 aromatic heterocycles. The second kappa shape index (κ2) is 5.44. The van der Waals surface area contributed by atoms with Crippen molar-refractivity contribution in [2.24, 2.45) is 0 Å². The lowest BCUT2D eigenvalue weighted by Gasteiger charge is -2.14. The van der Waals surface area contributed by atoms with Crippen LogP contribution in [0.4, 0.5) is 5.69 Å². The molecule has 1 aromatic carbocycles. The molecule has 0 aliphatic carbocycles. The molecular formula is C13H15N3O2. The molecule has 1 N–H and O–H groups in total. The molecule has 18 heavy (non-hydrogen) atoms. The van der Waals surface area contributed by atoms with E-state index < -0.39 is 6.04 Å². The number of ether oxygens (including phenoxy) is 1. The third-order valence-corrected chi connectivity index (χ3v) is 2.56. The first-order valence-electron chi connectivity index (χ1n) is 5.86. The van der Waals surface area contributed by atoms with Crippen LogP contribution in [0.5, 0.6) is 0 Å². The van der Waals surface area contributed by atoms with E-state index >= 15 is 0 Å². The molecule has 5 heteroatoms. The van der Waals surface area contributed by atoms with Gasteiger partial charge in [-0.3, -0.25) is 0 Å². The van der Waals surface area contributed by atoms with Crippen molar-refractivity contribution in [2.75, 3.05) is 11.9 Å². The van der Waals surface area contributed by atoms with Crippen LogP contribution in [-0.4, -0.2) is 28.8 Å². The molecule has 0 saturated heterocycles. The number of benzene rings is 1. The number of rotatable bonds is 4. The Morgan fingerprint density at radius 1 is 1.44 bits per heavy atom. The normalized spacial score (nSPS) is 12.1. The third-order valence-electron chi connectivity index (χ3n) is 2.56. The van der Waals surface area contributed by atoms with E-state index in [-0.39, 0.29) is 5.97 Å². The zero-order chi connectivity index (χ0) is 13.0. The summed E-state index contributed by atoms with van der Waals surface area (Å²) in [6.07, 6.45) is 1.61. The number of esters is 1. The first kappa shape index (κ1) is 12.3. The summed E-state index contributed by atoms with van der Waals surface area (Å²) in [6.45, 7) is 3.92. The van der Waals surface area contributed by atoms with Crippen molar-refractivity contribution in [3.63, 3.8) is 0 Å². The van der Waals surface area contributed by atoms with Crippen LogP contribution in [0.1, 0.15) is 13.8 Å². The van der Waals surface area contributed by atoms with E-state index in [9.17, 15) is 4.79 Å². The van der Waals surface area contributed by atoms with Crippen LogP contribution in [0.15, 0.2) is 30.5 Å². The van der Waals surface area contributed by atoms with Gasteiger partial charge in [0.05, 0.1) is 24.0 Å². The average Bonchev–Trinajstić information content (AvgIpc) is 2.39. The Bertz CT molecular complexity index is 551. The second-order valence-electron chi connectivity index (χ2n) is 3.89. The topological polar surface area (TPSA) is 64.1 Å². The smallest absolute Gasteiger partial charge is 0.328 e. The van der Waals surface area contributed by atoms with Crippen LogP contribution in [0, 0.1) is 0 Å². The molecule has 5 nitrogen and oxygen atoms in total. The Morgan fingerprint density at radius 3 is 3.00 bits per heavy atom. The van der Waals surface area contributed by atoms with Gasteiger partial charge >= 0.3 is 5.97 Å². The van der Waals surface area contributed by atoms with Gasteiger partial charge in [-0.1, -0.05) is 18.2 Å². The summed E-state index contributed by atoms with van der Waals surface area (Å²) in [5.41, 5.74) is 1.57. The zero-order valence-corrected chi connectivity index (χ0v) is 10.4. The number of anilines is 1. The van der Waals surface area contributed by atoms with Gasteiger partial charge in [-0.15, -0.1) is 0 Å². The predicted molar refractivity (Wildman–Crippen MR) is 69.3 cm³/mol. The molecule has 0 saturated carbocycles. The lowest BCUT2D eigenvalue weighted by molar-refractivity contribution is -0.143. The monoisotopic (exact) mass is 245 g/mol. The fraction of sp³-hybridized carbons (Fsp3) is 0.308. The number of carbonyl (C=O) groups is 1. The van der Waals surface area contributed by atoms with Gasteiger partial charge in [0.1, 0.15) is 6.04 Å². The first-order chi connectivity index (χ1) is 8.72. The van der Waals surface area contributed by atoms with E-state index in [1.807, 2.05) is 24.3 Å². The van der Waals surface area contributed by atoms with Crippen LogP contribution in [-0.2, 0) is 9.53 Å². The van der Waals surface area contributed by atoms with Crippen molar-refractivity contribution in [3.8, 4) is 0 Å². The highest BCUT2D eigenvalue weighted by atomic mass is 16.5. The number of hydrogen-bond donors (Lipinski definition) is 1. The van der Waals surface area contributed by atoms with Gasteiger partial charge in [0.15, 0.2) is 0 Å². The molecule has 0 bridgehead atoms. The van der Waals surface area contributed by atoms with E-state index in [1.165, 1.54) is 0 Å². The lowest BCUT2D eigenvalue weighted by atomic mass is 10.2. The molecule has 0 amide bonds. The Balaban J connectivity index is 2.24. The van der Waals surface area contributed by atoms with E-state index in [4.69, 9.17) is 4.74 Å². The van der Waals surface area contributed by atoms with Gasteiger partial charge in [0.2, 0.25) is 0 Å². The summed E-state index contributed by atoms with van der Waals surface area (Å²) in [5.74, 6) is -0.279. The largest absolute Gasteiger partial charge is 0.464 e. The van der Waals surface area contributed by atoms with Gasteiger partial charge in [-0.05, 0) is 19.9 Å². The number of nitrogens with zero attached hydrogens (tertiary/aromatic N) is 2. The van der Waals surface area contributed by atoms with E-state index in [0.717, 1.165) is 16.6 Å². The molecule has 1 unspecified atom stereocenters. The quantitative estimate of drug-likeness (QED) is 0.834. The molecule has 0 fully saturated rings. The van der Waals surface area contributed by atoms with Crippen molar-refractivity contribution in [3.05, 3.63) is 30.5 Å². The van der Waals surface area contributed by atoms with Gasteiger partial charge in [0, 0.05) is 5.39 Å². The summed E-state index contributed by atoms with van der Waals surface area (Å²) in [4.78, 5) is 11.6. The summed E-state index contributed by atoms with van der Waals surface area (Å²) in [5, 5.41) is 12.0. The summed E-state index contributed by atoms with van der Waals surface area (Å²) >= 11 is 0. The molecule has 0 aliphatic heterocycles. The number of hydrogen-bond acceptors (Lipinski definition) is 5. The minimum atomic E-state index is -0.419. The second-order valence-corrected chi connectivity index (χ2v) is 3.89. The van der Waals surface area contributed by atoms with Crippen LogP contribution >= 0.6 is 0 Å². The Morgan fingerprint density at radius 2 is 2.22 bits per heavy atom. The Hall–Kier alpha value is -2.17. The summed E-state index contributed by atoms with van der Waals surface area (Å²) < 4.78 is 4.95. The maximum atomic E-state index is 11.6. The number of aromatic nitrogens is 2. The molecule has 94 valence electrons. The number of nitrogens with one attached hydrogen (secondary N) is 1. The van der Waals surface area contributed by atoms with Crippen LogP contribution < -0.4 is 5.32 Å². The summed E-state index contributed by atoms with van der Waals surface area (Å²) in [6, 6.07) is 7.21. The van der Waals surface area contributed by atoms with Crippen molar-refractivity contribution in [1.29, 1.82) is 0 Å². The minimum absolute atomic E-state index is 0.279. The van der Waals surface area contributed by atoms with Crippen LogP contribution in [0.3, 0.4) is 0 Å².